The molecule has 0 rings (SSSR count). The second kappa shape index (κ2) is 4.32. The van der Waals surface area contributed by atoms with Crippen LogP contribution in [-0.4, -0.2) is 10.7 Å². The van der Waals surface area contributed by atoms with Crippen molar-refractivity contribution in [1.29, 1.82) is 0 Å². The Morgan fingerprint density at radius 2 is 2.30 bits per heavy atom. The van der Waals surface area contributed by atoms with Gasteiger partial charge in [0.1, 0.15) is 0 Å². The van der Waals surface area contributed by atoms with Crippen molar-refractivity contribution in [3.05, 3.63) is 18.4 Å². The third-order valence-electron chi connectivity index (χ3n) is 1.45. The number of aliphatic hydroxyl groups is 1. The van der Waals surface area contributed by atoms with Crippen LogP contribution in [0, 0.1) is 0 Å². The molecular formula is C9H16O. The zero-order valence-electron chi connectivity index (χ0n) is 6.85. The summed E-state index contributed by atoms with van der Waals surface area (Å²) in [5.41, 5.74) is 1.90. The Kier molecular flexibility index (Phi) is 4.10. The largest absolute Gasteiger partial charge is 0.385 e. The maximum Gasteiger partial charge on any atom is 0.0872 e. The van der Waals surface area contributed by atoms with Gasteiger partial charge in [-0.05, 0) is 19.4 Å². The normalized spacial score (nSPS) is 15.5. The molecule has 1 N–H and O–H groups in total. The van der Waals surface area contributed by atoms with E-state index < -0.39 is 5.60 Å². The summed E-state index contributed by atoms with van der Waals surface area (Å²) in [6, 6.07) is 0. The summed E-state index contributed by atoms with van der Waals surface area (Å²) in [5.74, 6) is 0. The van der Waals surface area contributed by atoms with E-state index >= 15 is 0 Å². The lowest BCUT2D eigenvalue weighted by Gasteiger charge is -2.16. The lowest BCUT2D eigenvalue weighted by Crippen LogP contribution is -2.19. The lowest BCUT2D eigenvalue weighted by molar-refractivity contribution is 0.0993. The van der Waals surface area contributed by atoms with Crippen LogP contribution in [0.15, 0.2) is 18.4 Å². The molecule has 0 radical (unpaired) electrons. The van der Waals surface area contributed by atoms with Crippen molar-refractivity contribution in [3.8, 4) is 0 Å². The van der Waals surface area contributed by atoms with Crippen LogP contribution in [0.2, 0.25) is 0 Å². The first-order valence-electron chi connectivity index (χ1n) is 3.72. The number of hydrogen-bond acceptors (Lipinski definition) is 1. The molecule has 1 nitrogen and oxygen atoms in total. The molecule has 0 bridgehead atoms. The van der Waals surface area contributed by atoms with E-state index in [0.29, 0.717) is 0 Å². The van der Waals surface area contributed by atoms with Gasteiger partial charge in [-0.15, -0.1) is 5.73 Å². The standard InChI is InChI=1S/C9H16O/c1-4-6-8-9(3,10)7-5-2/h7,10H,2,4,6,8H2,1,3H3. The third-order valence-corrected chi connectivity index (χ3v) is 1.45. The van der Waals surface area contributed by atoms with Crippen LogP contribution in [0.5, 0.6) is 0 Å². The lowest BCUT2D eigenvalue weighted by atomic mass is 9.99. The second-order valence-electron chi connectivity index (χ2n) is 2.81. The van der Waals surface area contributed by atoms with E-state index in [9.17, 15) is 5.11 Å². The van der Waals surface area contributed by atoms with Gasteiger partial charge < -0.3 is 5.11 Å². The number of hydrogen-bond donors (Lipinski definition) is 1. The van der Waals surface area contributed by atoms with Crippen molar-refractivity contribution < 1.29 is 5.11 Å². The summed E-state index contributed by atoms with van der Waals surface area (Å²) in [6.45, 7) is 7.30. The molecule has 0 amide bonds. The van der Waals surface area contributed by atoms with Crippen molar-refractivity contribution in [2.75, 3.05) is 0 Å². The highest BCUT2D eigenvalue weighted by atomic mass is 16.3. The summed E-state index contributed by atoms with van der Waals surface area (Å²) in [7, 11) is 0. The number of rotatable bonds is 4. The van der Waals surface area contributed by atoms with Crippen LogP contribution in [0.3, 0.4) is 0 Å². The van der Waals surface area contributed by atoms with Crippen molar-refractivity contribution in [2.45, 2.75) is 38.7 Å². The van der Waals surface area contributed by atoms with Gasteiger partial charge in [0.25, 0.3) is 0 Å². The average Bonchev–Trinajstić information content (AvgIpc) is 1.84. The van der Waals surface area contributed by atoms with E-state index in [1.807, 2.05) is 0 Å². The van der Waals surface area contributed by atoms with Crippen LogP contribution in [-0.2, 0) is 0 Å². The Morgan fingerprint density at radius 3 is 2.70 bits per heavy atom. The van der Waals surface area contributed by atoms with E-state index in [1.165, 1.54) is 0 Å². The Bertz CT molecular complexity index is 130. The Hall–Kier alpha value is -0.520. The predicted molar refractivity (Wildman–Crippen MR) is 43.9 cm³/mol. The molecule has 0 aliphatic rings. The van der Waals surface area contributed by atoms with E-state index in [2.05, 4.69) is 19.2 Å². The molecule has 0 saturated heterocycles. The first-order chi connectivity index (χ1) is 4.62. The van der Waals surface area contributed by atoms with Crippen molar-refractivity contribution in [3.63, 3.8) is 0 Å². The zero-order chi connectivity index (χ0) is 8.04. The highest BCUT2D eigenvalue weighted by Crippen LogP contribution is 2.13. The molecule has 10 heavy (non-hydrogen) atoms. The minimum atomic E-state index is -0.697. The molecule has 0 aromatic rings. The molecule has 58 valence electrons. The smallest absolute Gasteiger partial charge is 0.0872 e. The monoisotopic (exact) mass is 140 g/mol. The van der Waals surface area contributed by atoms with Gasteiger partial charge in [0.05, 0.1) is 5.60 Å². The van der Waals surface area contributed by atoms with E-state index in [0.717, 1.165) is 19.3 Å². The van der Waals surface area contributed by atoms with E-state index in [1.54, 1.807) is 13.0 Å². The summed E-state index contributed by atoms with van der Waals surface area (Å²) < 4.78 is 0. The quantitative estimate of drug-likeness (QED) is 0.594. The Balaban J connectivity index is 3.74. The predicted octanol–water partition coefficient (Wildman–Crippen LogP) is 2.27. The Morgan fingerprint density at radius 1 is 1.70 bits per heavy atom. The first kappa shape index (κ1) is 9.48. The topological polar surface area (TPSA) is 20.2 Å². The average molecular weight is 140 g/mol. The van der Waals surface area contributed by atoms with Gasteiger partial charge in [-0.2, -0.15) is 0 Å². The molecule has 1 atom stereocenters. The fraction of sp³-hybridized carbons (Fsp3) is 0.667. The summed E-state index contributed by atoms with van der Waals surface area (Å²) >= 11 is 0. The highest BCUT2D eigenvalue weighted by molar-refractivity contribution is 4.94. The molecule has 0 spiro atoms. The van der Waals surface area contributed by atoms with Gasteiger partial charge in [0.15, 0.2) is 0 Å². The maximum absolute atomic E-state index is 9.49. The molecule has 0 saturated carbocycles. The molecule has 0 fully saturated rings. The summed E-state index contributed by atoms with van der Waals surface area (Å²) in [4.78, 5) is 0. The van der Waals surface area contributed by atoms with E-state index in [-0.39, 0.29) is 0 Å². The highest BCUT2D eigenvalue weighted by Gasteiger charge is 2.13. The minimum Gasteiger partial charge on any atom is -0.385 e. The third kappa shape index (κ3) is 4.37. The van der Waals surface area contributed by atoms with Crippen LogP contribution in [0.4, 0.5) is 0 Å². The number of unbranched alkanes of at least 4 members (excludes halogenated alkanes) is 1. The van der Waals surface area contributed by atoms with Crippen LogP contribution in [0.25, 0.3) is 0 Å². The van der Waals surface area contributed by atoms with Gasteiger partial charge in [-0.1, -0.05) is 26.3 Å². The molecule has 1 unspecified atom stereocenters. The first-order valence-corrected chi connectivity index (χ1v) is 3.72. The van der Waals surface area contributed by atoms with Gasteiger partial charge in [0, 0.05) is 0 Å². The van der Waals surface area contributed by atoms with Crippen molar-refractivity contribution in [2.24, 2.45) is 0 Å². The van der Waals surface area contributed by atoms with Crippen LogP contribution < -0.4 is 0 Å². The van der Waals surface area contributed by atoms with Crippen molar-refractivity contribution in [1.82, 2.24) is 0 Å². The van der Waals surface area contributed by atoms with Gasteiger partial charge in [-0.3, -0.25) is 0 Å². The molecule has 1 heteroatoms. The second-order valence-corrected chi connectivity index (χ2v) is 2.81. The maximum atomic E-state index is 9.49. The van der Waals surface area contributed by atoms with Gasteiger partial charge in [0.2, 0.25) is 0 Å². The van der Waals surface area contributed by atoms with Crippen molar-refractivity contribution >= 4 is 0 Å². The molecule has 0 aromatic carbocycles. The fourth-order valence-corrected chi connectivity index (χ4v) is 0.827. The molecule has 0 heterocycles. The molecule has 0 aromatic heterocycles. The van der Waals surface area contributed by atoms with Crippen LogP contribution >= 0.6 is 0 Å². The Labute approximate surface area is 63.1 Å². The summed E-state index contributed by atoms with van der Waals surface area (Å²) in [6.07, 6.45) is 4.57. The molecular weight excluding hydrogens is 124 g/mol. The molecule has 0 aliphatic carbocycles. The minimum absolute atomic E-state index is 0.697. The summed E-state index contributed by atoms with van der Waals surface area (Å²) in [5, 5.41) is 9.49. The zero-order valence-corrected chi connectivity index (χ0v) is 6.85. The van der Waals surface area contributed by atoms with Gasteiger partial charge in [-0.25, -0.2) is 0 Å². The van der Waals surface area contributed by atoms with Gasteiger partial charge >= 0.3 is 0 Å². The molecule has 0 aliphatic heterocycles. The SMILES string of the molecule is C=C=CC(C)(O)CCCC. The fourth-order valence-electron chi connectivity index (χ4n) is 0.827. The van der Waals surface area contributed by atoms with E-state index in [4.69, 9.17) is 0 Å². The van der Waals surface area contributed by atoms with Crippen LogP contribution in [0.1, 0.15) is 33.1 Å².